The van der Waals surface area contributed by atoms with E-state index < -0.39 is 6.09 Å². The fraction of sp³-hybridized carbons (Fsp3) is 0.500. The Morgan fingerprint density at radius 2 is 2.22 bits per heavy atom. The van der Waals surface area contributed by atoms with E-state index in [2.05, 4.69) is 10.5 Å². The average Bonchev–Trinajstić information content (AvgIpc) is 1.67. The van der Waals surface area contributed by atoms with Gasteiger partial charge in [0, 0.05) is 0 Å². The van der Waals surface area contributed by atoms with Crippen molar-refractivity contribution in [1.29, 1.82) is 0 Å². The van der Waals surface area contributed by atoms with Gasteiger partial charge in [0.05, 0.1) is 6.61 Å². The zero-order valence-corrected chi connectivity index (χ0v) is 4.96. The van der Waals surface area contributed by atoms with Gasteiger partial charge in [-0.1, -0.05) is 0 Å². The molecule has 0 aromatic heterocycles. The van der Waals surface area contributed by atoms with Crippen LogP contribution in [0.3, 0.4) is 0 Å². The lowest BCUT2D eigenvalue weighted by Crippen LogP contribution is -2.11. The summed E-state index contributed by atoms with van der Waals surface area (Å²) >= 11 is 0. The van der Waals surface area contributed by atoms with Crippen molar-refractivity contribution >= 4 is 12.2 Å². The zero-order valence-electron chi connectivity index (χ0n) is 4.96. The van der Waals surface area contributed by atoms with E-state index >= 15 is 0 Å². The smallest absolute Gasteiger partial charge is 0.404 e. The highest BCUT2D eigenvalue weighted by atomic mass is 16.5. The van der Waals surface area contributed by atoms with Gasteiger partial charge in [0.1, 0.15) is 0 Å². The molecule has 5 nitrogen and oxygen atoms in total. The van der Waals surface area contributed by atoms with Gasteiger partial charge in [-0.05, 0) is 13.0 Å². The van der Waals surface area contributed by atoms with Crippen molar-refractivity contribution in [1.82, 2.24) is 0 Å². The van der Waals surface area contributed by atoms with Crippen molar-refractivity contribution in [2.75, 3.05) is 6.61 Å². The highest BCUT2D eigenvalue weighted by molar-refractivity contribution is 5.64. The maximum atomic E-state index is 9.60. The molecule has 0 aliphatic carbocycles. The Kier molecular flexibility index (Phi) is 11.6. The highest BCUT2D eigenvalue weighted by Gasteiger charge is 1.82. The number of carbonyl (C=O) groups excluding carboxylic acids is 2. The molecule has 0 saturated heterocycles. The molecule has 9 heavy (non-hydrogen) atoms. The number of nitrogens with zero attached hydrogens (tertiary/aromatic N) is 1. The Morgan fingerprint density at radius 1 is 1.89 bits per heavy atom. The quantitative estimate of drug-likeness (QED) is 0.400. The third-order valence-corrected chi connectivity index (χ3v) is 0.287. The number of primary amides is 1. The molecule has 0 heterocycles. The lowest BCUT2D eigenvalue weighted by molar-refractivity contribution is 0.163. The number of hydrogen-bond donors (Lipinski definition) is 1. The molecule has 52 valence electrons. The van der Waals surface area contributed by atoms with E-state index in [-0.39, 0.29) is 0 Å². The fourth-order valence-corrected chi connectivity index (χ4v) is 0.142. The predicted octanol–water partition coefficient (Wildman–Crippen LogP) is -0.00680. The molecule has 0 fully saturated rings. The van der Waals surface area contributed by atoms with Gasteiger partial charge in [0.2, 0.25) is 0 Å². The van der Waals surface area contributed by atoms with Crippen molar-refractivity contribution in [3.8, 4) is 0 Å². The van der Waals surface area contributed by atoms with Gasteiger partial charge in [-0.3, -0.25) is 4.79 Å². The lowest BCUT2D eigenvalue weighted by atomic mass is 10.9. The lowest BCUT2D eigenvalue weighted by Gasteiger charge is -1.89. The minimum absolute atomic E-state index is 0.356. The van der Waals surface area contributed by atoms with Gasteiger partial charge >= 0.3 is 6.09 Å². The van der Waals surface area contributed by atoms with Crippen LogP contribution < -0.4 is 5.73 Å². The maximum absolute atomic E-state index is 9.60. The van der Waals surface area contributed by atoms with Crippen LogP contribution in [-0.2, 0) is 9.53 Å². The summed E-state index contributed by atoms with van der Waals surface area (Å²) in [7, 11) is 0. The SMILES string of the molecule is CCOC(N)=O.[N-]=C=O. The minimum Gasteiger partial charge on any atom is -0.724 e. The second-order valence-corrected chi connectivity index (χ2v) is 0.843. The first-order valence-electron chi connectivity index (χ1n) is 2.12. The van der Waals surface area contributed by atoms with Crippen molar-refractivity contribution in [3.05, 3.63) is 5.41 Å². The molecule has 0 unspecified atom stereocenters. The molecule has 0 aliphatic rings. The van der Waals surface area contributed by atoms with Gasteiger partial charge in [0.25, 0.3) is 0 Å². The van der Waals surface area contributed by atoms with Gasteiger partial charge in [0.15, 0.2) is 0 Å². The number of nitrogens with two attached hydrogens (primary N) is 1. The van der Waals surface area contributed by atoms with E-state index in [0.29, 0.717) is 12.7 Å². The first-order chi connectivity index (χ1) is 4.18. The van der Waals surface area contributed by atoms with E-state index in [4.69, 9.17) is 10.2 Å². The zero-order chi connectivity index (χ0) is 7.70. The third-order valence-electron chi connectivity index (χ3n) is 0.287. The van der Waals surface area contributed by atoms with Crippen LogP contribution in [0, 0.1) is 0 Å². The average molecular weight is 131 g/mol. The van der Waals surface area contributed by atoms with Gasteiger partial charge < -0.3 is 15.9 Å². The first kappa shape index (κ1) is 10.6. The second-order valence-electron chi connectivity index (χ2n) is 0.843. The number of hydrogen-bond acceptors (Lipinski definition) is 3. The number of carbonyl (C=O) groups is 1. The van der Waals surface area contributed by atoms with Crippen LogP contribution in [0.5, 0.6) is 0 Å². The molecule has 5 heteroatoms. The standard InChI is InChI=1S/C3H7NO2.CNO/c1-2-6-3(4)5;2-1-3/h2H2,1H3,(H2,4,5);/q;-1. The molecule has 0 atom stereocenters. The molecule has 0 aliphatic heterocycles. The van der Waals surface area contributed by atoms with Crippen molar-refractivity contribution < 1.29 is 14.3 Å². The molecular formula is C4H7N2O3-. The van der Waals surface area contributed by atoms with Crippen LogP contribution in [0.15, 0.2) is 0 Å². The van der Waals surface area contributed by atoms with Crippen LogP contribution >= 0.6 is 0 Å². The summed E-state index contributed by atoms with van der Waals surface area (Å²) in [6.07, 6.45) is -0.211. The summed E-state index contributed by atoms with van der Waals surface area (Å²) in [5.74, 6) is 0. The molecule has 2 N–H and O–H groups in total. The molecule has 0 aromatic rings. The van der Waals surface area contributed by atoms with Crippen LogP contribution in [0.1, 0.15) is 6.92 Å². The third kappa shape index (κ3) is 52.8. The monoisotopic (exact) mass is 131 g/mol. The van der Waals surface area contributed by atoms with E-state index in [1.807, 2.05) is 0 Å². The van der Waals surface area contributed by atoms with E-state index in [1.54, 1.807) is 6.92 Å². The van der Waals surface area contributed by atoms with Gasteiger partial charge in [-0.25, -0.2) is 4.79 Å². The summed E-state index contributed by atoms with van der Waals surface area (Å²) in [6, 6.07) is 0. The van der Waals surface area contributed by atoms with Crippen molar-refractivity contribution in [2.24, 2.45) is 5.73 Å². The van der Waals surface area contributed by atoms with Crippen LogP contribution in [-0.4, -0.2) is 18.8 Å². The Morgan fingerprint density at radius 3 is 2.22 bits per heavy atom. The van der Waals surface area contributed by atoms with Crippen molar-refractivity contribution in [3.63, 3.8) is 0 Å². The second kappa shape index (κ2) is 9.82. The Hall–Kier alpha value is -1.35. The number of amides is 1. The largest absolute Gasteiger partial charge is 0.724 e. The van der Waals surface area contributed by atoms with E-state index in [9.17, 15) is 4.79 Å². The molecule has 0 radical (unpaired) electrons. The molecule has 0 bridgehead atoms. The maximum Gasteiger partial charge on any atom is 0.404 e. The predicted molar refractivity (Wildman–Crippen MR) is 30.3 cm³/mol. The van der Waals surface area contributed by atoms with E-state index in [0.717, 1.165) is 0 Å². The van der Waals surface area contributed by atoms with E-state index in [1.165, 1.54) is 0 Å². The minimum atomic E-state index is -0.711. The normalized spacial score (nSPS) is 5.89. The van der Waals surface area contributed by atoms with Crippen molar-refractivity contribution in [2.45, 2.75) is 6.92 Å². The van der Waals surface area contributed by atoms with Crippen LogP contribution in [0.4, 0.5) is 4.79 Å². The summed E-state index contributed by atoms with van der Waals surface area (Å²) in [5, 5.41) is 6.76. The van der Waals surface area contributed by atoms with Gasteiger partial charge in [-0.2, -0.15) is 0 Å². The Bertz CT molecular complexity index is 106. The molecule has 1 amide bonds. The molecule has 0 spiro atoms. The van der Waals surface area contributed by atoms with Crippen LogP contribution in [0.2, 0.25) is 0 Å². The molecule has 0 rings (SSSR count). The number of rotatable bonds is 1. The Labute approximate surface area is 52.3 Å². The summed E-state index contributed by atoms with van der Waals surface area (Å²) in [4.78, 5) is 17.8. The number of isocyanates is 1. The summed E-state index contributed by atoms with van der Waals surface area (Å²) < 4.78 is 4.18. The summed E-state index contributed by atoms with van der Waals surface area (Å²) in [5.41, 5.74) is 4.54. The van der Waals surface area contributed by atoms with Gasteiger partial charge in [-0.15, -0.1) is 0 Å². The first-order valence-corrected chi connectivity index (χ1v) is 2.12. The summed E-state index contributed by atoms with van der Waals surface area (Å²) in [6.45, 7) is 2.06. The molecule has 0 aromatic carbocycles. The molecule has 0 saturated carbocycles. The fourth-order valence-electron chi connectivity index (χ4n) is 0.142. The van der Waals surface area contributed by atoms with Crippen LogP contribution in [0.25, 0.3) is 5.41 Å². The Balaban J connectivity index is 0. The molecular weight excluding hydrogens is 124 g/mol. The highest BCUT2D eigenvalue weighted by Crippen LogP contribution is 1.66. The topological polar surface area (TPSA) is 91.7 Å². The number of ether oxygens (including phenoxy) is 1.